The molecule has 0 saturated carbocycles. The molecule has 0 aliphatic heterocycles. The van der Waals surface area contributed by atoms with E-state index in [0.717, 1.165) is 29.7 Å². The molecule has 29 heavy (non-hydrogen) atoms. The summed E-state index contributed by atoms with van der Waals surface area (Å²) in [4.78, 5) is 32.5. The number of fused-ring (bicyclic) bond motifs is 3. The van der Waals surface area contributed by atoms with E-state index in [4.69, 9.17) is 4.74 Å². The first-order valence-electron chi connectivity index (χ1n) is 9.95. The number of carbonyl (C=O) groups is 1. The number of ketones is 1. The fourth-order valence-electron chi connectivity index (χ4n) is 4.10. The van der Waals surface area contributed by atoms with E-state index in [-0.39, 0.29) is 23.3 Å². The van der Waals surface area contributed by atoms with Gasteiger partial charge in [0.2, 0.25) is 0 Å². The minimum Gasteiger partial charge on any atom is -0.497 e. The van der Waals surface area contributed by atoms with Crippen LogP contribution in [0.1, 0.15) is 48.0 Å². The van der Waals surface area contributed by atoms with Crippen LogP contribution >= 0.6 is 11.3 Å². The van der Waals surface area contributed by atoms with Crippen LogP contribution in [0.15, 0.2) is 35.4 Å². The van der Waals surface area contributed by atoms with Crippen molar-refractivity contribution in [1.82, 2.24) is 9.55 Å². The molecule has 5 nitrogen and oxygen atoms in total. The fourth-order valence-corrected chi connectivity index (χ4v) is 5.35. The number of carbonyl (C=O) groups excluding carboxylic acids is 1. The van der Waals surface area contributed by atoms with Crippen LogP contribution < -0.4 is 10.3 Å². The van der Waals surface area contributed by atoms with Gasteiger partial charge in [0.15, 0.2) is 5.78 Å². The summed E-state index contributed by atoms with van der Waals surface area (Å²) in [5.74, 6) is 1.10. The summed E-state index contributed by atoms with van der Waals surface area (Å²) in [6, 6.07) is 7.00. The standard InChI is InChI=1S/C23H26N2O3S/c1-23(2,3)15-8-9-17-19(11-15)29-21-20(17)22(27)25(13-24-21)12-18(26)14-6-5-7-16(10-14)28-4/h5-7,10,13,15H,8-9,11-12H2,1-4H3. The van der Waals surface area contributed by atoms with E-state index in [9.17, 15) is 9.59 Å². The lowest BCUT2D eigenvalue weighted by Crippen LogP contribution is -2.27. The highest BCUT2D eigenvalue weighted by Gasteiger charge is 2.31. The van der Waals surface area contributed by atoms with Gasteiger partial charge in [-0.25, -0.2) is 4.98 Å². The van der Waals surface area contributed by atoms with E-state index in [0.29, 0.717) is 22.6 Å². The van der Waals surface area contributed by atoms with Gasteiger partial charge in [-0.3, -0.25) is 14.2 Å². The van der Waals surface area contributed by atoms with Gasteiger partial charge < -0.3 is 4.74 Å². The molecule has 152 valence electrons. The number of thiophene rings is 1. The molecule has 0 bridgehead atoms. The number of aromatic nitrogens is 2. The second-order valence-electron chi connectivity index (χ2n) is 8.82. The minimum absolute atomic E-state index is 0.0236. The lowest BCUT2D eigenvalue weighted by molar-refractivity contribution is 0.0970. The van der Waals surface area contributed by atoms with Crippen LogP contribution in [0.4, 0.5) is 0 Å². The van der Waals surface area contributed by atoms with Crippen LogP contribution in [0.25, 0.3) is 10.2 Å². The Balaban J connectivity index is 1.67. The summed E-state index contributed by atoms with van der Waals surface area (Å²) in [5, 5.41) is 0.707. The first-order valence-corrected chi connectivity index (χ1v) is 10.8. The van der Waals surface area contributed by atoms with Crippen molar-refractivity contribution in [2.75, 3.05) is 7.11 Å². The molecule has 0 fully saturated rings. The van der Waals surface area contributed by atoms with Crippen molar-refractivity contribution >= 4 is 27.3 Å². The average Bonchev–Trinajstić information content (AvgIpc) is 3.08. The Kier molecular flexibility index (Phi) is 5.07. The number of nitrogens with zero attached hydrogens (tertiary/aromatic N) is 2. The number of aryl methyl sites for hydroxylation is 1. The Morgan fingerprint density at radius 1 is 1.34 bits per heavy atom. The van der Waals surface area contributed by atoms with E-state index in [1.54, 1.807) is 42.7 Å². The molecule has 0 spiro atoms. The van der Waals surface area contributed by atoms with Crippen LogP contribution in [-0.4, -0.2) is 22.4 Å². The molecule has 1 aliphatic rings. The van der Waals surface area contributed by atoms with Gasteiger partial charge in [0.25, 0.3) is 5.56 Å². The third-order valence-corrected chi connectivity index (χ3v) is 7.13. The third kappa shape index (κ3) is 3.73. The monoisotopic (exact) mass is 410 g/mol. The summed E-state index contributed by atoms with van der Waals surface area (Å²) >= 11 is 1.64. The van der Waals surface area contributed by atoms with Crippen LogP contribution in [0, 0.1) is 11.3 Å². The molecule has 0 N–H and O–H groups in total. The first kappa shape index (κ1) is 19.8. The first-order chi connectivity index (χ1) is 13.8. The van der Waals surface area contributed by atoms with Gasteiger partial charge in [-0.1, -0.05) is 32.9 Å². The number of hydrogen-bond acceptors (Lipinski definition) is 5. The highest BCUT2D eigenvalue weighted by Crippen LogP contribution is 2.41. The van der Waals surface area contributed by atoms with Crippen molar-refractivity contribution in [2.24, 2.45) is 11.3 Å². The fraction of sp³-hybridized carbons (Fsp3) is 0.435. The molecule has 4 rings (SSSR count). The quantitative estimate of drug-likeness (QED) is 0.594. The van der Waals surface area contributed by atoms with Crippen LogP contribution in [-0.2, 0) is 19.4 Å². The van der Waals surface area contributed by atoms with Crippen molar-refractivity contribution in [1.29, 1.82) is 0 Å². The van der Waals surface area contributed by atoms with Crippen molar-refractivity contribution in [3.63, 3.8) is 0 Å². The number of ether oxygens (including phenoxy) is 1. The molecule has 1 atom stereocenters. The maximum absolute atomic E-state index is 13.2. The molecule has 0 radical (unpaired) electrons. The molecular formula is C23H26N2O3S. The largest absolute Gasteiger partial charge is 0.497 e. The second-order valence-corrected chi connectivity index (χ2v) is 9.91. The maximum Gasteiger partial charge on any atom is 0.262 e. The Bertz CT molecular complexity index is 1140. The molecule has 2 aromatic heterocycles. The molecule has 0 amide bonds. The zero-order valence-electron chi connectivity index (χ0n) is 17.3. The third-order valence-electron chi connectivity index (χ3n) is 5.97. The molecule has 0 saturated heterocycles. The van der Waals surface area contributed by atoms with Gasteiger partial charge in [-0.15, -0.1) is 11.3 Å². The van der Waals surface area contributed by atoms with Gasteiger partial charge in [0.05, 0.1) is 25.4 Å². The predicted octanol–water partition coefficient (Wildman–Crippen LogP) is 4.50. The Morgan fingerprint density at radius 3 is 2.86 bits per heavy atom. The number of methoxy groups -OCH3 is 1. The summed E-state index contributed by atoms with van der Waals surface area (Å²) in [6.07, 6.45) is 4.50. The van der Waals surface area contributed by atoms with Crippen molar-refractivity contribution < 1.29 is 9.53 Å². The van der Waals surface area contributed by atoms with Crippen LogP contribution in [0.5, 0.6) is 5.75 Å². The number of Topliss-reactive ketones (excluding diaryl/α,β-unsaturated/α-hetero) is 1. The molecule has 1 unspecified atom stereocenters. The van der Waals surface area contributed by atoms with Gasteiger partial charge in [0.1, 0.15) is 10.6 Å². The van der Waals surface area contributed by atoms with Gasteiger partial charge >= 0.3 is 0 Å². The zero-order valence-corrected chi connectivity index (χ0v) is 18.1. The second kappa shape index (κ2) is 7.41. The number of hydrogen-bond donors (Lipinski definition) is 0. The van der Waals surface area contributed by atoms with Crippen LogP contribution in [0.2, 0.25) is 0 Å². The van der Waals surface area contributed by atoms with E-state index in [1.807, 2.05) is 0 Å². The zero-order chi connectivity index (χ0) is 20.8. The topological polar surface area (TPSA) is 61.2 Å². The number of rotatable bonds is 4. The Morgan fingerprint density at radius 2 is 2.14 bits per heavy atom. The molecule has 1 aromatic carbocycles. The molecule has 6 heteroatoms. The van der Waals surface area contributed by atoms with Gasteiger partial charge in [0, 0.05) is 10.4 Å². The smallest absolute Gasteiger partial charge is 0.262 e. The molecular weight excluding hydrogens is 384 g/mol. The molecule has 2 heterocycles. The SMILES string of the molecule is COc1cccc(C(=O)Cn2cnc3sc4c(c3c2=O)CCC(C(C)(C)C)C4)c1. The van der Waals surface area contributed by atoms with Crippen molar-refractivity contribution in [3.8, 4) is 5.75 Å². The van der Waals surface area contributed by atoms with E-state index in [2.05, 4.69) is 25.8 Å². The van der Waals surface area contributed by atoms with Crippen LogP contribution in [0.3, 0.4) is 0 Å². The van der Waals surface area contributed by atoms with Gasteiger partial charge in [-0.2, -0.15) is 0 Å². The van der Waals surface area contributed by atoms with E-state index in [1.165, 1.54) is 15.8 Å². The highest BCUT2D eigenvalue weighted by atomic mass is 32.1. The van der Waals surface area contributed by atoms with Crippen molar-refractivity contribution in [2.45, 2.75) is 46.6 Å². The molecule has 3 aromatic rings. The number of benzene rings is 1. The van der Waals surface area contributed by atoms with Gasteiger partial charge in [-0.05, 0) is 48.3 Å². The van der Waals surface area contributed by atoms with Crippen molar-refractivity contribution in [3.05, 3.63) is 57.0 Å². The molecule has 1 aliphatic carbocycles. The Labute approximate surface area is 174 Å². The summed E-state index contributed by atoms with van der Waals surface area (Å²) in [6.45, 7) is 6.83. The lowest BCUT2D eigenvalue weighted by Gasteiger charge is -2.33. The lowest BCUT2D eigenvalue weighted by atomic mass is 9.72. The summed E-state index contributed by atoms with van der Waals surface area (Å²) in [7, 11) is 1.57. The highest BCUT2D eigenvalue weighted by molar-refractivity contribution is 7.18. The Hall–Kier alpha value is -2.47. The average molecular weight is 411 g/mol. The normalized spacial score (nSPS) is 16.6. The van der Waals surface area contributed by atoms with E-state index < -0.39 is 0 Å². The summed E-state index contributed by atoms with van der Waals surface area (Å²) in [5.41, 5.74) is 1.81. The minimum atomic E-state index is -0.135. The summed E-state index contributed by atoms with van der Waals surface area (Å²) < 4.78 is 6.63. The predicted molar refractivity (Wildman–Crippen MR) is 116 cm³/mol. The maximum atomic E-state index is 13.2. The van der Waals surface area contributed by atoms with E-state index >= 15 is 0 Å².